The van der Waals surface area contributed by atoms with E-state index in [-0.39, 0.29) is 50.8 Å². The lowest BCUT2D eigenvalue weighted by atomic mass is 9.70. The van der Waals surface area contributed by atoms with Crippen molar-refractivity contribution >= 4 is 63.3 Å². The van der Waals surface area contributed by atoms with Crippen LogP contribution >= 0.6 is 23.1 Å². The number of tetrazole rings is 1. The van der Waals surface area contributed by atoms with Gasteiger partial charge in [0.1, 0.15) is 23.7 Å². The molecule has 0 spiro atoms. The number of phenolic OH excluding ortho intramolecular Hbond substituents is 2. The monoisotopic (exact) mass is 768 g/mol. The summed E-state index contributed by atoms with van der Waals surface area (Å²) in [7, 11) is 0. The van der Waals surface area contributed by atoms with Crippen molar-refractivity contribution in [3.63, 3.8) is 0 Å². The Kier molecular flexibility index (Phi) is 9.27. The molecule has 21 heteroatoms. The first-order valence-corrected chi connectivity index (χ1v) is 18.7. The van der Waals surface area contributed by atoms with E-state index in [2.05, 4.69) is 41.4 Å². The smallest absolute Gasteiger partial charge is 0.350 e. The van der Waals surface area contributed by atoms with E-state index in [0.29, 0.717) is 30.4 Å². The van der Waals surface area contributed by atoms with Crippen LogP contribution in [0.25, 0.3) is 5.70 Å². The minimum absolute atomic E-state index is 0.0488. The van der Waals surface area contributed by atoms with Crippen molar-refractivity contribution in [2.45, 2.75) is 50.1 Å². The number of fused-ring (bicyclic) bond motifs is 4. The third kappa shape index (κ3) is 6.86. The number of anilines is 1. The molecule has 5 aliphatic heterocycles. The summed E-state index contributed by atoms with van der Waals surface area (Å²) in [5.41, 5.74) is 5.60. The minimum Gasteiger partial charge on any atom is -0.504 e. The molecule has 2 atom stereocenters. The van der Waals surface area contributed by atoms with Gasteiger partial charge in [0.2, 0.25) is 5.60 Å². The predicted octanol–water partition coefficient (Wildman–Crippen LogP) is 0.475. The van der Waals surface area contributed by atoms with Crippen molar-refractivity contribution in [2.24, 2.45) is 10.6 Å². The van der Waals surface area contributed by atoms with Crippen LogP contribution in [0.15, 0.2) is 34.3 Å². The first-order chi connectivity index (χ1) is 25.2. The number of piperidine rings is 3. The number of oxime groups is 1. The number of hydrogen-bond acceptors (Lipinski definition) is 15. The highest BCUT2D eigenvalue weighted by Crippen LogP contribution is 2.47. The van der Waals surface area contributed by atoms with E-state index in [4.69, 9.17) is 10.6 Å². The third-order valence-electron chi connectivity index (χ3n) is 10.5. The molecule has 2 aromatic heterocycles. The van der Waals surface area contributed by atoms with Gasteiger partial charge in [-0.15, -0.1) is 28.2 Å². The molecule has 4 saturated heterocycles. The number of rotatable bonds is 12. The number of thioether (sulfide) groups is 1. The standard InChI is InChI=1S/C32H37N11O8S2/c1-31(2,29(49)50)51-39-21(18-14-53-30(33)35-18)26(47)36-22-27(48)42-23(24-37-40-41-38-24)17(13-52-28(22)42)12-43-8-5-32(6-9-43,7-10-43)15-34-25(46)16-3-4-19(44)20(45)11-16/h3-4,11,14,22,28H,5-10,12-13,15H2,1-2H3,(H7-,33,34,35,36,37,38,39,40,41,44,45,46,47,49,50)/p+1/t22-,28-,32?,43?/m1/s1. The Morgan fingerprint density at radius 2 is 1.92 bits per heavy atom. The number of nitrogens with zero attached hydrogens (tertiary/aromatic N) is 7. The minimum atomic E-state index is -1.75. The molecule has 2 bridgehead atoms. The number of aromatic hydroxyl groups is 2. The molecule has 8 N–H and O–H groups in total. The molecule has 3 aromatic rings. The maximum Gasteiger partial charge on any atom is 0.350 e. The summed E-state index contributed by atoms with van der Waals surface area (Å²) >= 11 is 2.57. The van der Waals surface area contributed by atoms with Gasteiger partial charge in [-0.2, -0.15) is 0 Å². The van der Waals surface area contributed by atoms with E-state index in [0.717, 1.165) is 60.3 Å². The first kappa shape index (κ1) is 36.1. The van der Waals surface area contributed by atoms with Crippen molar-refractivity contribution in [1.29, 1.82) is 0 Å². The molecule has 1 aromatic carbocycles. The van der Waals surface area contributed by atoms with Gasteiger partial charge in [0.15, 0.2) is 28.2 Å². The second-order valence-electron chi connectivity index (χ2n) is 14.3. The second-order valence-corrected chi connectivity index (χ2v) is 16.3. The zero-order chi connectivity index (χ0) is 37.7. The van der Waals surface area contributed by atoms with Gasteiger partial charge in [-0.05, 0) is 42.5 Å². The number of hydrogen-bond donors (Lipinski definition) is 7. The van der Waals surface area contributed by atoms with Crippen LogP contribution in [0.3, 0.4) is 0 Å². The molecular weight excluding hydrogens is 731 g/mol. The number of thiazole rings is 1. The molecule has 0 radical (unpaired) electrons. The van der Waals surface area contributed by atoms with Crippen molar-refractivity contribution in [3.8, 4) is 11.5 Å². The van der Waals surface area contributed by atoms with Gasteiger partial charge in [-0.1, -0.05) is 5.16 Å². The Morgan fingerprint density at radius 1 is 1.19 bits per heavy atom. The van der Waals surface area contributed by atoms with Gasteiger partial charge in [0.25, 0.3) is 17.7 Å². The Labute approximate surface area is 310 Å². The average molecular weight is 769 g/mol. The Balaban J connectivity index is 1.04. The number of aromatic amines is 1. The largest absolute Gasteiger partial charge is 0.504 e. The fourth-order valence-corrected chi connectivity index (χ4v) is 9.06. The van der Waals surface area contributed by atoms with Crippen molar-refractivity contribution < 1.29 is 43.8 Å². The van der Waals surface area contributed by atoms with Crippen LogP contribution < -0.4 is 16.4 Å². The number of phenols is 2. The highest BCUT2D eigenvalue weighted by Gasteiger charge is 2.56. The number of carboxylic acids is 1. The summed E-state index contributed by atoms with van der Waals surface area (Å²) in [5, 5.41) is 54.1. The molecular formula is C32H38N11O8S2+. The number of amides is 3. The fourth-order valence-electron chi connectivity index (χ4n) is 7.18. The van der Waals surface area contributed by atoms with Crippen LogP contribution in [-0.2, 0) is 19.2 Å². The number of carboxylic acid groups (broad SMARTS) is 1. The molecule has 7 heterocycles. The van der Waals surface area contributed by atoms with E-state index in [1.54, 1.807) is 4.90 Å². The molecule has 0 unspecified atom stereocenters. The van der Waals surface area contributed by atoms with E-state index >= 15 is 0 Å². The van der Waals surface area contributed by atoms with Crippen LogP contribution in [0.2, 0.25) is 0 Å². The lowest BCUT2D eigenvalue weighted by Crippen LogP contribution is -2.70. The number of H-pyrrole nitrogens is 1. The molecule has 3 amide bonds. The molecule has 53 heavy (non-hydrogen) atoms. The quantitative estimate of drug-likeness (QED) is 0.0434. The molecule has 5 aliphatic rings. The van der Waals surface area contributed by atoms with Crippen LogP contribution in [-0.4, -0.2) is 135 Å². The van der Waals surface area contributed by atoms with Gasteiger partial charge >= 0.3 is 5.97 Å². The summed E-state index contributed by atoms with van der Waals surface area (Å²) in [4.78, 5) is 62.8. The number of carbonyl (C=O) groups is 4. The Hall–Kier alpha value is -5.28. The summed E-state index contributed by atoms with van der Waals surface area (Å²) < 4.78 is 0.818. The molecule has 0 saturated carbocycles. The molecule has 8 rings (SSSR count). The number of nitrogens with one attached hydrogen (secondary N) is 3. The number of benzene rings is 1. The predicted molar refractivity (Wildman–Crippen MR) is 190 cm³/mol. The Bertz CT molecular complexity index is 2010. The number of aromatic nitrogens is 5. The zero-order valence-electron chi connectivity index (χ0n) is 28.7. The van der Waals surface area contributed by atoms with E-state index < -0.39 is 28.9 Å². The third-order valence-corrected chi connectivity index (χ3v) is 12.5. The van der Waals surface area contributed by atoms with Gasteiger partial charge in [-0.25, -0.2) is 14.9 Å². The van der Waals surface area contributed by atoms with Gasteiger partial charge < -0.3 is 41.0 Å². The highest BCUT2D eigenvalue weighted by atomic mass is 32.2. The van der Waals surface area contributed by atoms with Crippen molar-refractivity contribution in [3.05, 3.63) is 46.2 Å². The number of quaternary nitrogens is 1. The topological polar surface area (TPSA) is 271 Å². The summed E-state index contributed by atoms with van der Waals surface area (Å²) in [6.45, 7) is 6.38. The summed E-state index contributed by atoms with van der Waals surface area (Å²) in [6, 6.07) is 3.07. The van der Waals surface area contributed by atoms with Crippen LogP contribution in [0.4, 0.5) is 5.13 Å². The first-order valence-electron chi connectivity index (χ1n) is 16.8. The summed E-state index contributed by atoms with van der Waals surface area (Å²) in [5.74, 6) is -2.50. The molecule has 0 aliphatic carbocycles. The van der Waals surface area contributed by atoms with Crippen LogP contribution in [0.5, 0.6) is 11.5 Å². The average Bonchev–Trinajstić information content (AvgIpc) is 3.84. The van der Waals surface area contributed by atoms with Crippen molar-refractivity contribution in [2.75, 3.05) is 44.2 Å². The molecule has 19 nitrogen and oxygen atoms in total. The number of nitrogens with two attached hydrogens (primary N) is 1. The lowest BCUT2D eigenvalue weighted by Gasteiger charge is -2.56. The maximum absolute atomic E-state index is 13.8. The molecule has 280 valence electrons. The van der Waals surface area contributed by atoms with E-state index in [1.165, 1.54) is 49.2 Å². The fraction of sp³-hybridized carbons (Fsp3) is 0.469. The Morgan fingerprint density at radius 3 is 2.55 bits per heavy atom. The van der Waals surface area contributed by atoms with Crippen LogP contribution in [0, 0.1) is 5.41 Å². The second kappa shape index (κ2) is 13.6. The van der Waals surface area contributed by atoms with Crippen molar-refractivity contribution in [1.82, 2.24) is 41.1 Å². The SMILES string of the molecule is CC(C)(O/N=C(\C(=O)N[C@@H]1C(=O)N2C(c3nnn[nH]3)=C(C[N+]34CCC(CNC(=O)c5ccc(O)c(O)c5)(CC3)CC4)CS[C@H]12)c1csc(N)n1)C(=O)O. The van der Waals surface area contributed by atoms with Crippen LogP contribution in [0.1, 0.15) is 55.0 Å². The number of β-lactam (4-membered cyclic amide) rings is 1. The lowest BCUT2D eigenvalue weighted by molar-refractivity contribution is -0.941. The number of carbonyl (C=O) groups excluding carboxylic acids is 3. The van der Waals surface area contributed by atoms with Gasteiger partial charge in [0.05, 0.1) is 25.3 Å². The number of aliphatic carboxylic acids is 1. The summed E-state index contributed by atoms with van der Waals surface area (Å²) in [6.07, 6.45) is 2.69. The van der Waals surface area contributed by atoms with E-state index in [1.807, 2.05) is 0 Å². The van der Waals surface area contributed by atoms with Gasteiger partial charge in [-0.3, -0.25) is 19.3 Å². The highest BCUT2D eigenvalue weighted by molar-refractivity contribution is 8.00. The maximum atomic E-state index is 13.8. The normalized spacial score (nSPS) is 25.4. The molecule has 4 fully saturated rings. The zero-order valence-corrected chi connectivity index (χ0v) is 30.4. The number of nitrogen functional groups attached to an aromatic ring is 1. The van der Waals surface area contributed by atoms with E-state index in [9.17, 15) is 34.5 Å². The van der Waals surface area contributed by atoms with Gasteiger partial charge in [0, 0.05) is 53.5 Å².